The molecule has 133 valence electrons. The topological polar surface area (TPSA) is 0 Å². The van der Waals surface area contributed by atoms with Gasteiger partial charge in [0.05, 0.1) is 0 Å². The second kappa shape index (κ2) is 11.0. The third kappa shape index (κ3) is 6.79. The Balaban J connectivity index is 0. The van der Waals surface area contributed by atoms with E-state index in [-0.39, 0.29) is 32.7 Å². The van der Waals surface area contributed by atoms with Gasteiger partial charge in [-0.15, -0.1) is 0 Å². The fourth-order valence-electron chi connectivity index (χ4n) is 3.47. The van der Waals surface area contributed by atoms with E-state index in [0.29, 0.717) is 5.41 Å². The molecule has 0 aromatic carbocycles. The number of allylic oxidation sites excluding steroid dienone is 4. The van der Waals surface area contributed by atoms with Gasteiger partial charge in [0.15, 0.2) is 0 Å². The van der Waals surface area contributed by atoms with Gasteiger partial charge in [-0.3, -0.25) is 0 Å². The van der Waals surface area contributed by atoms with E-state index in [9.17, 15) is 0 Å². The van der Waals surface area contributed by atoms with Crippen LogP contribution in [0.25, 0.3) is 0 Å². The predicted octanol–water partition coefficient (Wildman–Crippen LogP) is 0.356. The summed E-state index contributed by atoms with van der Waals surface area (Å²) in [4.78, 5) is 0. The average molecular weight is 412 g/mol. The Morgan fingerprint density at radius 3 is 1.65 bits per heavy atom. The van der Waals surface area contributed by atoms with Crippen LogP contribution in [0.2, 0.25) is 0 Å². The molecule has 0 N–H and O–H groups in total. The van der Waals surface area contributed by atoms with Crippen molar-refractivity contribution in [2.45, 2.75) is 61.8 Å². The molecule has 0 nitrogen and oxygen atoms in total. The van der Waals surface area contributed by atoms with Gasteiger partial charge in [-0.25, -0.2) is 0 Å². The van der Waals surface area contributed by atoms with Gasteiger partial charge in [-0.2, -0.15) is 0 Å². The Kier molecular flexibility index (Phi) is 12.7. The van der Waals surface area contributed by atoms with Crippen molar-refractivity contribution in [2.24, 2.45) is 17.3 Å². The van der Waals surface area contributed by atoms with Crippen LogP contribution in [0.5, 0.6) is 0 Å². The van der Waals surface area contributed by atoms with Crippen LogP contribution < -0.4 is 24.8 Å². The van der Waals surface area contributed by atoms with Gasteiger partial charge in [-0.1, -0.05) is 0 Å². The van der Waals surface area contributed by atoms with Crippen LogP contribution in [0.15, 0.2) is 20.6 Å². The molecule has 1 unspecified atom stereocenters. The summed E-state index contributed by atoms with van der Waals surface area (Å²) in [5, 5.41) is 0. The zero-order valence-corrected chi connectivity index (χ0v) is 20.2. The molecule has 1 aliphatic rings. The SMILES string of the molecule is CC1=C(C)C(C)(CCP(CC(C)C)CC(C)C)[C]([Ti+2])=C1C.[Cl-].[Cl-]. The molecule has 0 bridgehead atoms. The van der Waals surface area contributed by atoms with Gasteiger partial charge in [0, 0.05) is 0 Å². The molecule has 1 rings (SSSR count). The minimum Gasteiger partial charge on any atom is -1.00 e. The van der Waals surface area contributed by atoms with E-state index in [4.69, 9.17) is 0 Å². The van der Waals surface area contributed by atoms with Crippen LogP contribution in [0.1, 0.15) is 61.8 Å². The van der Waals surface area contributed by atoms with E-state index in [1.165, 1.54) is 24.9 Å². The molecule has 0 saturated carbocycles. The van der Waals surface area contributed by atoms with Crippen LogP contribution in [-0.4, -0.2) is 18.5 Å². The maximum absolute atomic E-state index is 2.48. The molecule has 0 fully saturated rings. The van der Waals surface area contributed by atoms with Crippen LogP contribution >= 0.6 is 7.92 Å². The van der Waals surface area contributed by atoms with Crippen molar-refractivity contribution in [3.05, 3.63) is 20.6 Å². The average Bonchev–Trinajstić information content (AvgIpc) is 2.51. The number of rotatable bonds is 7. The van der Waals surface area contributed by atoms with Crippen LogP contribution in [-0.2, 0) is 20.4 Å². The Labute approximate surface area is 170 Å². The van der Waals surface area contributed by atoms with E-state index in [2.05, 4.69) is 75.8 Å². The summed E-state index contributed by atoms with van der Waals surface area (Å²) in [7, 11) is 0.201. The zero-order valence-electron chi connectivity index (χ0n) is 16.2. The molecule has 0 aromatic heterocycles. The van der Waals surface area contributed by atoms with Crippen LogP contribution in [0.4, 0.5) is 0 Å². The molecule has 4 heteroatoms. The predicted molar refractivity (Wildman–Crippen MR) is 95.0 cm³/mol. The monoisotopic (exact) mass is 411 g/mol. The van der Waals surface area contributed by atoms with Crippen molar-refractivity contribution < 1.29 is 45.2 Å². The number of hydrogen-bond acceptors (Lipinski definition) is 0. The standard InChI is InChI=1S/C19H34P.2ClH.Ti/c1-14(2)12-20(13-15(3)4)10-9-19(8)11-16(5)17(6)18(19)7;;;/h14-15H,9-10,12-13H2,1-8H3;2*1H;/q;;;+2/p-2. The summed E-state index contributed by atoms with van der Waals surface area (Å²) in [6.07, 6.45) is 5.70. The Morgan fingerprint density at radius 1 is 0.913 bits per heavy atom. The maximum atomic E-state index is 2.48. The summed E-state index contributed by atoms with van der Waals surface area (Å²) in [6.45, 7) is 19.0. The fraction of sp³-hybridized carbons (Fsp3) is 0.789. The van der Waals surface area contributed by atoms with Crippen molar-refractivity contribution in [1.82, 2.24) is 0 Å². The molecule has 0 radical (unpaired) electrons. The smallest absolute Gasteiger partial charge is 1.00 e. The second-order valence-electron chi connectivity index (χ2n) is 7.88. The molecule has 0 heterocycles. The molecule has 1 aliphatic carbocycles. The van der Waals surface area contributed by atoms with Crippen molar-refractivity contribution in [1.29, 1.82) is 0 Å². The minimum atomic E-state index is 0. The fourth-order valence-corrected chi connectivity index (χ4v) is 7.59. The molecule has 0 saturated heterocycles. The third-order valence-corrected chi connectivity index (χ3v) is 9.85. The first-order valence-electron chi connectivity index (χ1n) is 8.43. The van der Waals surface area contributed by atoms with Gasteiger partial charge in [-0.05, 0) is 0 Å². The normalized spacial score (nSPS) is 21.4. The van der Waals surface area contributed by atoms with Gasteiger partial charge in [0.1, 0.15) is 0 Å². The first-order chi connectivity index (χ1) is 9.59. The first kappa shape index (κ1) is 26.4. The molecular formula is C19H34Cl2PTi. The molecule has 0 aromatic rings. The Bertz CT molecular complexity index is 405. The van der Waals surface area contributed by atoms with Crippen molar-refractivity contribution in [2.75, 3.05) is 18.5 Å². The molecule has 1 atom stereocenters. The van der Waals surface area contributed by atoms with Crippen LogP contribution in [0, 0.1) is 17.3 Å². The summed E-state index contributed by atoms with van der Waals surface area (Å²) in [5.74, 6) is 1.70. The zero-order chi connectivity index (χ0) is 16.4. The molecule has 0 aliphatic heterocycles. The Morgan fingerprint density at radius 2 is 1.35 bits per heavy atom. The maximum Gasteiger partial charge on any atom is -1.00 e. The van der Waals surface area contributed by atoms with E-state index >= 15 is 0 Å². The second-order valence-corrected chi connectivity index (χ2v) is 11.2. The molecule has 23 heavy (non-hydrogen) atoms. The van der Waals surface area contributed by atoms with Gasteiger partial charge in [0.25, 0.3) is 0 Å². The summed E-state index contributed by atoms with van der Waals surface area (Å²) >= 11 is 2.36. The molecular weight excluding hydrogens is 378 g/mol. The minimum absolute atomic E-state index is 0. The third-order valence-electron chi connectivity index (χ3n) is 5.05. The van der Waals surface area contributed by atoms with Gasteiger partial charge >= 0.3 is 147 Å². The quantitative estimate of drug-likeness (QED) is 0.419. The van der Waals surface area contributed by atoms with Crippen molar-refractivity contribution >= 4 is 7.92 Å². The van der Waals surface area contributed by atoms with E-state index in [0.717, 1.165) is 11.8 Å². The number of hydrogen-bond donors (Lipinski definition) is 0. The summed E-state index contributed by atoms with van der Waals surface area (Å²) < 4.78 is 1.63. The molecule has 0 amide bonds. The van der Waals surface area contributed by atoms with Crippen molar-refractivity contribution in [3.63, 3.8) is 0 Å². The summed E-state index contributed by atoms with van der Waals surface area (Å²) in [5.41, 5.74) is 5.06. The Hall–Kier alpha value is 1.20. The van der Waals surface area contributed by atoms with E-state index in [1.807, 2.05) is 0 Å². The van der Waals surface area contributed by atoms with Crippen LogP contribution in [0.3, 0.4) is 0 Å². The molecule has 0 spiro atoms. The largest absolute Gasteiger partial charge is 1.00 e. The first-order valence-corrected chi connectivity index (χ1v) is 11.1. The van der Waals surface area contributed by atoms with E-state index in [1.54, 1.807) is 20.6 Å². The van der Waals surface area contributed by atoms with Crippen molar-refractivity contribution in [3.8, 4) is 0 Å². The van der Waals surface area contributed by atoms with E-state index < -0.39 is 0 Å². The van der Waals surface area contributed by atoms with Gasteiger partial charge < -0.3 is 24.8 Å². The number of halogens is 2. The van der Waals surface area contributed by atoms with Gasteiger partial charge in [0.2, 0.25) is 0 Å². The summed E-state index contributed by atoms with van der Waals surface area (Å²) in [6, 6.07) is 0.